The van der Waals surface area contributed by atoms with E-state index >= 15 is 0 Å². The molecule has 0 unspecified atom stereocenters. The molecule has 0 saturated heterocycles. The maximum Gasteiger partial charge on any atom is 0.262 e. The summed E-state index contributed by atoms with van der Waals surface area (Å²) in [4.78, 5) is 23.4. The van der Waals surface area contributed by atoms with Gasteiger partial charge in [0, 0.05) is 16.8 Å². The number of nitrogens with one attached hydrogen (secondary N) is 1. The van der Waals surface area contributed by atoms with Crippen molar-refractivity contribution in [3.8, 4) is 11.5 Å². The van der Waals surface area contributed by atoms with Crippen LogP contribution in [0.15, 0.2) is 65.1 Å². The van der Waals surface area contributed by atoms with Crippen LogP contribution in [0.4, 0.5) is 5.69 Å². The van der Waals surface area contributed by atoms with E-state index in [1.54, 1.807) is 30.3 Å². The third kappa shape index (κ3) is 3.27. The molecule has 28 heavy (non-hydrogen) atoms. The van der Waals surface area contributed by atoms with Gasteiger partial charge in [0.05, 0.1) is 18.4 Å². The second kappa shape index (κ2) is 7.44. The van der Waals surface area contributed by atoms with E-state index in [9.17, 15) is 9.59 Å². The predicted molar refractivity (Wildman–Crippen MR) is 106 cm³/mol. The third-order valence-electron chi connectivity index (χ3n) is 4.38. The van der Waals surface area contributed by atoms with Gasteiger partial charge in [-0.2, -0.15) is 0 Å². The normalized spacial score (nSPS) is 10.8. The largest absolute Gasteiger partial charge is 0.495 e. The van der Waals surface area contributed by atoms with E-state index in [2.05, 4.69) is 5.32 Å². The Balaban J connectivity index is 1.57. The van der Waals surface area contributed by atoms with Crippen molar-refractivity contribution in [2.75, 3.05) is 19.0 Å². The van der Waals surface area contributed by atoms with Crippen LogP contribution in [0.5, 0.6) is 11.5 Å². The Kier molecular flexibility index (Phi) is 4.68. The summed E-state index contributed by atoms with van der Waals surface area (Å²) >= 11 is 0. The first kappa shape index (κ1) is 17.6. The lowest BCUT2D eigenvalue weighted by Gasteiger charge is -2.11. The highest BCUT2D eigenvalue weighted by atomic mass is 16.5. The van der Waals surface area contributed by atoms with Gasteiger partial charge in [-0.3, -0.25) is 9.59 Å². The number of carbonyl (C=O) groups excluding carboxylic acids is 2. The summed E-state index contributed by atoms with van der Waals surface area (Å²) in [6.45, 7) is -0.244. The standard InChI is InChI=1S/C22H17NO5/c1-26-21-10-16-15-7-3-5-9-19(15)28-20(16)11-17(21)23-22(25)13-27-18-8-4-2-6-14(18)12-24/h2-12H,13H2,1H3,(H,23,25). The fraction of sp³-hybridized carbons (Fsp3) is 0.0909. The fourth-order valence-electron chi connectivity index (χ4n) is 3.06. The SMILES string of the molecule is COc1cc2c(cc1NC(=O)COc1ccccc1C=O)oc1ccccc12. The van der Waals surface area contributed by atoms with Crippen molar-refractivity contribution in [2.45, 2.75) is 0 Å². The molecule has 140 valence electrons. The number of aldehydes is 1. The maximum atomic E-state index is 12.4. The molecule has 1 N–H and O–H groups in total. The molecule has 1 aromatic heterocycles. The summed E-state index contributed by atoms with van der Waals surface area (Å²) in [6, 6.07) is 18.0. The average Bonchev–Trinajstić information content (AvgIpc) is 3.09. The number of rotatable bonds is 6. The molecule has 1 amide bonds. The van der Waals surface area contributed by atoms with Crippen LogP contribution in [-0.2, 0) is 4.79 Å². The summed E-state index contributed by atoms with van der Waals surface area (Å²) in [5, 5.41) is 4.65. The molecule has 0 aliphatic rings. The van der Waals surface area contributed by atoms with Gasteiger partial charge in [0.2, 0.25) is 0 Å². The average molecular weight is 375 g/mol. The fourth-order valence-corrected chi connectivity index (χ4v) is 3.06. The number of hydrogen-bond donors (Lipinski definition) is 1. The molecular weight excluding hydrogens is 358 g/mol. The molecule has 6 nitrogen and oxygen atoms in total. The molecule has 0 atom stereocenters. The van der Waals surface area contributed by atoms with Gasteiger partial charge in [0.25, 0.3) is 5.91 Å². The zero-order valence-corrected chi connectivity index (χ0v) is 15.1. The zero-order valence-electron chi connectivity index (χ0n) is 15.1. The number of amides is 1. The van der Waals surface area contributed by atoms with E-state index in [1.807, 2.05) is 30.3 Å². The molecule has 4 rings (SSSR count). The van der Waals surface area contributed by atoms with Crippen molar-refractivity contribution < 1.29 is 23.5 Å². The van der Waals surface area contributed by atoms with E-state index in [0.29, 0.717) is 34.6 Å². The Morgan fingerprint density at radius 1 is 1.00 bits per heavy atom. The van der Waals surface area contributed by atoms with E-state index in [4.69, 9.17) is 13.9 Å². The van der Waals surface area contributed by atoms with Crippen molar-refractivity contribution in [3.05, 3.63) is 66.2 Å². The van der Waals surface area contributed by atoms with Gasteiger partial charge in [-0.15, -0.1) is 0 Å². The van der Waals surface area contributed by atoms with Crippen molar-refractivity contribution >= 4 is 39.8 Å². The van der Waals surface area contributed by atoms with Crippen molar-refractivity contribution in [1.82, 2.24) is 0 Å². The van der Waals surface area contributed by atoms with Gasteiger partial charge in [-0.05, 0) is 24.3 Å². The smallest absolute Gasteiger partial charge is 0.262 e. The Hall–Kier alpha value is -3.80. The van der Waals surface area contributed by atoms with Crippen molar-refractivity contribution in [3.63, 3.8) is 0 Å². The Morgan fingerprint density at radius 2 is 1.79 bits per heavy atom. The van der Waals surface area contributed by atoms with Gasteiger partial charge in [0.1, 0.15) is 22.7 Å². The minimum Gasteiger partial charge on any atom is -0.495 e. The quantitative estimate of drug-likeness (QED) is 0.505. The lowest BCUT2D eigenvalue weighted by Crippen LogP contribution is -2.20. The molecule has 0 saturated carbocycles. The number of methoxy groups -OCH3 is 1. The summed E-state index contributed by atoms with van der Waals surface area (Å²) in [5.41, 5.74) is 2.27. The number of carbonyl (C=O) groups is 2. The number of anilines is 1. The molecular formula is C22H17NO5. The number of furan rings is 1. The van der Waals surface area contributed by atoms with Crippen LogP contribution in [0.25, 0.3) is 21.9 Å². The number of benzene rings is 3. The summed E-state index contributed by atoms with van der Waals surface area (Å²) in [6.07, 6.45) is 0.686. The minimum atomic E-state index is -0.380. The maximum absolute atomic E-state index is 12.4. The third-order valence-corrected chi connectivity index (χ3v) is 4.38. The highest BCUT2D eigenvalue weighted by molar-refractivity contribution is 6.07. The van der Waals surface area contributed by atoms with Crippen LogP contribution in [-0.4, -0.2) is 25.9 Å². The van der Waals surface area contributed by atoms with Crippen LogP contribution >= 0.6 is 0 Å². The van der Waals surface area contributed by atoms with Crippen LogP contribution in [0.2, 0.25) is 0 Å². The van der Waals surface area contributed by atoms with Gasteiger partial charge < -0.3 is 19.2 Å². The number of ether oxygens (including phenoxy) is 2. The van der Waals surface area contributed by atoms with E-state index < -0.39 is 0 Å². The minimum absolute atomic E-state index is 0.244. The van der Waals surface area contributed by atoms with Crippen LogP contribution in [0.3, 0.4) is 0 Å². The molecule has 0 spiro atoms. The Bertz CT molecular complexity index is 1180. The van der Waals surface area contributed by atoms with Crippen LogP contribution < -0.4 is 14.8 Å². The van der Waals surface area contributed by atoms with Gasteiger partial charge in [-0.1, -0.05) is 30.3 Å². The summed E-state index contributed by atoms with van der Waals surface area (Å²) in [5.74, 6) is 0.488. The van der Waals surface area contributed by atoms with Gasteiger partial charge in [0.15, 0.2) is 12.9 Å². The monoisotopic (exact) mass is 375 g/mol. The van der Waals surface area contributed by atoms with Crippen molar-refractivity contribution in [1.29, 1.82) is 0 Å². The second-order valence-electron chi connectivity index (χ2n) is 6.14. The Morgan fingerprint density at radius 3 is 2.61 bits per heavy atom. The van der Waals surface area contributed by atoms with E-state index in [0.717, 1.165) is 16.4 Å². The molecule has 0 radical (unpaired) electrons. The predicted octanol–water partition coefficient (Wildman–Crippen LogP) is 4.42. The molecule has 4 aromatic rings. The van der Waals surface area contributed by atoms with Gasteiger partial charge in [-0.25, -0.2) is 0 Å². The first-order valence-electron chi connectivity index (χ1n) is 8.65. The highest BCUT2D eigenvalue weighted by Gasteiger charge is 2.14. The number of para-hydroxylation sites is 2. The van der Waals surface area contributed by atoms with Crippen LogP contribution in [0.1, 0.15) is 10.4 Å². The summed E-state index contributed by atoms with van der Waals surface area (Å²) < 4.78 is 16.7. The lowest BCUT2D eigenvalue weighted by atomic mass is 10.1. The first-order chi connectivity index (χ1) is 13.7. The van der Waals surface area contributed by atoms with Gasteiger partial charge >= 0.3 is 0 Å². The first-order valence-corrected chi connectivity index (χ1v) is 8.65. The molecule has 0 aliphatic carbocycles. The van der Waals surface area contributed by atoms with Crippen molar-refractivity contribution in [2.24, 2.45) is 0 Å². The molecule has 0 aliphatic heterocycles. The number of hydrogen-bond acceptors (Lipinski definition) is 5. The zero-order chi connectivity index (χ0) is 19.5. The van der Waals surface area contributed by atoms with E-state index in [-0.39, 0.29) is 12.5 Å². The second-order valence-corrected chi connectivity index (χ2v) is 6.14. The topological polar surface area (TPSA) is 77.8 Å². The summed E-state index contributed by atoms with van der Waals surface area (Å²) in [7, 11) is 1.54. The molecule has 3 aromatic carbocycles. The Labute approximate surface area is 160 Å². The van der Waals surface area contributed by atoms with E-state index in [1.165, 1.54) is 7.11 Å². The van der Waals surface area contributed by atoms with Crippen LogP contribution in [0, 0.1) is 0 Å². The molecule has 0 fully saturated rings. The lowest BCUT2D eigenvalue weighted by molar-refractivity contribution is -0.118. The molecule has 1 heterocycles. The molecule has 0 bridgehead atoms. The number of fused-ring (bicyclic) bond motifs is 3. The highest BCUT2D eigenvalue weighted by Crippen LogP contribution is 2.36. The molecule has 6 heteroatoms.